The van der Waals surface area contributed by atoms with Crippen molar-refractivity contribution in [1.82, 2.24) is 25.2 Å². The molecular weight excluding hydrogens is 530 g/mol. The number of nitrogens with one attached hydrogen (secondary N) is 3. The van der Waals surface area contributed by atoms with Crippen LogP contribution in [0.25, 0.3) is 11.4 Å². The van der Waals surface area contributed by atoms with Crippen LogP contribution in [0.15, 0.2) is 54.9 Å². The molecule has 0 unspecified atom stereocenters. The van der Waals surface area contributed by atoms with E-state index < -0.39 is 5.60 Å². The van der Waals surface area contributed by atoms with Crippen LogP contribution in [0.4, 0.5) is 17.3 Å². The van der Waals surface area contributed by atoms with E-state index in [1.165, 1.54) is 13.3 Å². The molecule has 0 saturated heterocycles. The lowest BCUT2D eigenvalue weighted by Crippen LogP contribution is -2.32. The molecule has 3 rings (SSSR count). The number of hydrogen-bond acceptors (Lipinski definition) is 9. The third-order valence-corrected chi connectivity index (χ3v) is 4.98. The highest BCUT2D eigenvalue weighted by Gasteiger charge is 2.17. The van der Waals surface area contributed by atoms with E-state index in [9.17, 15) is 9.59 Å². The highest BCUT2D eigenvalue weighted by atomic mass is 16.6. The Balaban J connectivity index is 0.00000113. The van der Waals surface area contributed by atoms with E-state index in [1.807, 2.05) is 81.2 Å². The molecular formula is C32H47N7O3. The van der Waals surface area contributed by atoms with Crippen molar-refractivity contribution in [1.29, 1.82) is 0 Å². The third-order valence-electron chi connectivity index (χ3n) is 4.98. The lowest BCUT2D eigenvalue weighted by Gasteiger charge is -2.22. The molecule has 0 bridgehead atoms. The first-order chi connectivity index (χ1) is 19.6. The molecule has 3 aromatic rings. The van der Waals surface area contributed by atoms with E-state index in [0.29, 0.717) is 36.8 Å². The second-order valence-corrected chi connectivity index (χ2v) is 12.7. The van der Waals surface area contributed by atoms with Crippen LogP contribution in [0.5, 0.6) is 0 Å². The van der Waals surface area contributed by atoms with Crippen molar-refractivity contribution in [2.24, 2.45) is 5.41 Å². The Morgan fingerprint density at radius 2 is 1.57 bits per heavy atom. The molecule has 0 aliphatic heterocycles. The topological polar surface area (TPSA) is 121 Å². The molecule has 42 heavy (non-hydrogen) atoms. The van der Waals surface area contributed by atoms with Gasteiger partial charge < -0.3 is 20.7 Å². The summed E-state index contributed by atoms with van der Waals surface area (Å²) in [4.78, 5) is 38.2. The molecule has 0 aliphatic rings. The van der Waals surface area contributed by atoms with Gasteiger partial charge in [0.1, 0.15) is 11.9 Å². The molecule has 2 aromatic carbocycles. The zero-order chi connectivity index (χ0) is 31.3. The molecule has 1 amide bonds. The molecule has 0 aliphatic carbocycles. The largest absolute Gasteiger partial charge is 0.459 e. The Kier molecular flexibility index (Phi) is 12.9. The van der Waals surface area contributed by atoms with Crippen LogP contribution in [-0.2, 0) is 20.9 Å². The maximum absolute atomic E-state index is 12.1. The second kappa shape index (κ2) is 15.8. The van der Waals surface area contributed by atoms with Gasteiger partial charge in [0.05, 0.1) is 6.54 Å². The summed E-state index contributed by atoms with van der Waals surface area (Å²) in [5.74, 6) is 0.651. The number of carbonyl (C=O) groups excluding carboxylic acids is 2. The lowest BCUT2D eigenvalue weighted by atomic mass is 10.0. The number of esters is 1. The zero-order valence-corrected chi connectivity index (χ0v) is 26.5. The summed E-state index contributed by atoms with van der Waals surface area (Å²) in [6.07, 6.45) is 1.47. The van der Waals surface area contributed by atoms with Crippen molar-refractivity contribution in [3.05, 3.63) is 60.4 Å². The Morgan fingerprint density at radius 3 is 2.24 bits per heavy atom. The molecule has 0 saturated carbocycles. The number of anilines is 3. The van der Waals surface area contributed by atoms with Crippen LogP contribution in [0.1, 0.15) is 61.0 Å². The standard InChI is InChI=1S/C27H35N7O3.C5H12/c1-19(35)28-12-13-29-22-10-7-9-21(15-22)25-30-18-31-26(33-25)32-23-11-6-8-20(14-23)16-34(5)17-24(36)37-27(2,3)4;1-5(2,3)4/h6-11,14-15,18,29H,12-13,16-17H2,1-5H3,(H,28,35)(H,30,31,32,33);1-4H3. The first-order valence-electron chi connectivity index (χ1n) is 14.1. The summed E-state index contributed by atoms with van der Waals surface area (Å²) in [6.45, 7) is 17.7. The third kappa shape index (κ3) is 15.1. The fourth-order valence-electron chi connectivity index (χ4n) is 3.55. The minimum atomic E-state index is -0.503. The number of carbonyl (C=O) groups is 2. The second-order valence-electron chi connectivity index (χ2n) is 12.7. The van der Waals surface area contributed by atoms with E-state index in [-0.39, 0.29) is 18.4 Å². The number of amides is 1. The van der Waals surface area contributed by atoms with Gasteiger partial charge >= 0.3 is 5.97 Å². The number of nitrogens with zero attached hydrogens (tertiary/aromatic N) is 4. The van der Waals surface area contributed by atoms with Crippen molar-refractivity contribution in [3.63, 3.8) is 0 Å². The van der Waals surface area contributed by atoms with Gasteiger partial charge in [0.15, 0.2) is 5.82 Å². The number of aromatic nitrogens is 3. The molecule has 1 heterocycles. The highest BCUT2D eigenvalue weighted by molar-refractivity contribution is 5.73. The van der Waals surface area contributed by atoms with E-state index in [0.717, 1.165) is 22.5 Å². The monoisotopic (exact) mass is 577 g/mol. The van der Waals surface area contributed by atoms with Gasteiger partial charge in [-0.2, -0.15) is 4.98 Å². The number of rotatable bonds is 11. The number of ether oxygens (including phenoxy) is 1. The van der Waals surface area contributed by atoms with Crippen molar-refractivity contribution < 1.29 is 14.3 Å². The first-order valence-corrected chi connectivity index (χ1v) is 14.1. The molecule has 0 atom stereocenters. The van der Waals surface area contributed by atoms with Crippen molar-refractivity contribution >= 4 is 29.2 Å². The summed E-state index contributed by atoms with van der Waals surface area (Å²) >= 11 is 0. The average Bonchev–Trinajstić information content (AvgIpc) is 2.85. The quantitative estimate of drug-likeness (QED) is 0.196. The van der Waals surface area contributed by atoms with Gasteiger partial charge in [0.25, 0.3) is 0 Å². The molecule has 228 valence electrons. The zero-order valence-electron chi connectivity index (χ0n) is 26.5. The van der Waals surface area contributed by atoms with E-state index >= 15 is 0 Å². The average molecular weight is 578 g/mol. The van der Waals surface area contributed by atoms with Gasteiger partial charge in [-0.25, -0.2) is 9.97 Å². The Bertz CT molecular complexity index is 1290. The summed E-state index contributed by atoms with van der Waals surface area (Å²) in [7, 11) is 1.88. The molecule has 0 fully saturated rings. The summed E-state index contributed by atoms with van der Waals surface area (Å²) in [5, 5.41) is 9.27. The fourth-order valence-corrected chi connectivity index (χ4v) is 3.55. The maximum atomic E-state index is 12.1. The number of benzene rings is 2. The first kappa shape index (κ1) is 34.2. The van der Waals surface area contributed by atoms with E-state index in [2.05, 4.69) is 58.6 Å². The van der Waals surface area contributed by atoms with Crippen LogP contribution >= 0.6 is 0 Å². The predicted octanol–water partition coefficient (Wildman–Crippen LogP) is 5.66. The Morgan fingerprint density at radius 1 is 0.905 bits per heavy atom. The minimum absolute atomic E-state index is 0.0564. The van der Waals surface area contributed by atoms with Crippen LogP contribution in [0.3, 0.4) is 0 Å². The fraction of sp³-hybridized carbons (Fsp3) is 0.469. The van der Waals surface area contributed by atoms with Crippen LogP contribution < -0.4 is 16.0 Å². The summed E-state index contributed by atoms with van der Waals surface area (Å²) in [6, 6.07) is 15.6. The van der Waals surface area contributed by atoms with Crippen LogP contribution in [0.2, 0.25) is 0 Å². The Hall–Kier alpha value is -4.05. The van der Waals surface area contributed by atoms with Crippen molar-refractivity contribution in [2.75, 3.05) is 37.3 Å². The van der Waals surface area contributed by atoms with E-state index in [4.69, 9.17) is 4.74 Å². The van der Waals surface area contributed by atoms with Crippen LogP contribution in [-0.4, -0.2) is 64.0 Å². The molecule has 10 heteroatoms. The van der Waals surface area contributed by atoms with Crippen LogP contribution in [0, 0.1) is 5.41 Å². The maximum Gasteiger partial charge on any atom is 0.320 e. The van der Waals surface area contributed by atoms with Gasteiger partial charge in [0.2, 0.25) is 11.9 Å². The molecule has 3 N–H and O–H groups in total. The van der Waals surface area contributed by atoms with Gasteiger partial charge in [0, 0.05) is 43.5 Å². The predicted molar refractivity (Wildman–Crippen MR) is 169 cm³/mol. The SMILES string of the molecule is CC(=O)NCCNc1cccc(-c2ncnc(Nc3cccc(CN(C)CC(=O)OC(C)(C)C)c3)n2)c1.CC(C)(C)C. The summed E-state index contributed by atoms with van der Waals surface area (Å²) in [5.41, 5.74) is 3.60. The molecule has 0 spiro atoms. The van der Waals surface area contributed by atoms with E-state index in [1.54, 1.807) is 0 Å². The molecule has 10 nitrogen and oxygen atoms in total. The highest BCUT2D eigenvalue weighted by Crippen LogP contribution is 2.21. The Labute approximate surface area is 250 Å². The normalized spacial score (nSPS) is 11.3. The molecule has 0 radical (unpaired) electrons. The number of likely N-dealkylation sites (N-methyl/N-ethyl adjacent to an activating group) is 1. The van der Waals surface area contributed by atoms with Gasteiger partial charge in [-0.1, -0.05) is 52.0 Å². The van der Waals surface area contributed by atoms with Crippen molar-refractivity contribution in [2.45, 2.75) is 67.5 Å². The van der Waals surface area contributed by atoms with Gasteiger partial charge in [-0.05, 0) is 63.1 Å². The molecule has 1 aromatic heterocycles. The number of hydrogen-bond donors (Lipinski definition) is 3. The van der Waals surface area contributed by atoms with Gasteiger partial charge in [-0.3, -0.25) is 14.5 Å². The van der Waals surface area contributed by atoms with Crippen molar-refractivity contribution in [3.8, 4) is 11.4 Å². The minimum Gasteiger partial charge on any atom is -0.459 e. The lowest BCUT2D eigenvalue weighted by molar-refractivity contribution is -0.155. The smallest absolute Gasteiger partial charge is 0.320 e. The summed E-state index contributed by atoms with van der Waals surface area (Å²) < 4.78 is 5.40. The van der Waals surface area contributed by atoms with Gasteiger partial charge in [-0.15, -0.1) is 0 Å².